The smallest absolute Gasteiger partial charge is 0.414 e. The monoisotopic (exact) mass is 877 g/mol. The number of pyridine rings is 2. The third kappa shape index (κ3) is 14.7. The fraction of sp³-hybridized carbons (Fsp3) is 0.458. The van der Waals surface area contributed by atoms with Crippen molar-refractivity contribution >= 4 is 34.3 Å². The topological polar surface area (TPSA) is 167 Å². The number of hydrogen-bond donors (Lipinski definition) is 2. The van der Waals surface area contributed by atoms with Crippen LogP contribution in [0, 0.1) is 0 Å². The van der Waals surface area contributed by atoms with Crippen molar-refractivity contribution in [3.63, 3.8) is 0 Å². The first-order chi connectivity index (χ1) is 31.3. The quantitative estimate of drug-likeness (QED) is 0.0924. The van der Waals surface area contributed by atoms with Gasteiger partial charge in [-0.2, -0.15) is 0 Å². The molecule has 2 N–H and O–H groups in total. The van der Waals surface area contributed by atoms with E-state index in [0.29, 0.717) is 13.2 Å². The van der Waals surface area contributed by atoms with E-state index < -0.39 is 11.9 Å². The molecule has 2 saturated heterocycles. The molecule has 0 amide bonds. The Morgan fingerprint density at radius 1 is 0.516 bits per heavy atom. The van der Waals surface area contributed by atoms with Crippen LogP contribution in [-0.4, -0.2) is 150 Å². The number of hydrogen-bond acceptors (Lipinski definition) is 12. The summed E-state index contributed by atoms with van der Waals surface area (Å²) in [5, 5.41) is 14.8. The van der Waals surface area contributed by atoms with Crippen molar-refractivity contribution in [2.45, 2.75) is 66.0 Å². The van der Waals surface area contributed by atoms with Crippen LogP contribution in [0.5, 0.6) is 0 Å². The summed E-state index contributed by atoms with van der Waals surface area (Å²) < 4.78 is 15.7. The van der Waals surface area contributed by atoms with Gasteiger partial charge in [0.05, 0.1) is 26.3 Å². The molecule has 2 aromatic carbocycles. The summed E-state index contributed by atoms with van der Waals surface area (Å²) in [4.78, 5) is 47.3. The Hall–Kier alpha value is -5.62. The Morgan fingerprint density at radius 3 is 1.25 bits per heavy atom. The fourth-order valence-electron chi connectivity index (χ4n) is 8.09. The van der Waals surface area contributed by atoms with Crippen molar-refractivity contribution in [1.82, 2.24) is 48.7 Å². The lowest BCUT2D eigenvalue weighted by Crippen LogP contribution is -2.31. The van der Waals surface area contributed by atoms with E-state index in [4.69, 9.17) is 39.2 Å². The lowest BCUT2D eigenvalue weighted by molar-refractivity contribution is -0.159. The van der Waals surface area contributed by atoms with Crippen molar-refractivity contribution in [1.29, 1.82) is 0 Å². The van der Waals surface area contributed by atoms with Gasteiger partial charge in [0.1, 0.15) is 22.7 Å². The maximum Gasteiger partial charge on any atom is 0.414 e. The van der Waals surface area contributed by atoms with Crippen LogP contribution < -0.4 is 0 Å². The molecule has 16 nitrogen and oxygen atoms in total. The Balaban J connectivity index is 0.000000189. The van der Waals surface area contributed by atoms with E-state index in [1.165, 1.54) is 24.0 Å². The van der Waals surface area contributed by atoms with Crippen LogP contribution in [0.15, 0.2) is 97.3 Å². The van der Waals surface area contributed by atoms with Gasteiger partial charge in [0.15, 0.2) is 11.3 Å². The molecular formula is C48H64N10O6. The number of carbonyl (C=O) groups is 2. The Kier molecular flexibility index (Phi) is 19.2. The van der Waals surface area contributed by atoms with Gasteiger partial charge < -0.3 is 28.8 Å². The zero-order valence-corrected chi connectivity index (χ0v) is 37.4. The molecule has 0 atom stereocenters. The highest BCUT2D eigenvalue weighted by Crippen LogP contribution is 2.19. The molecule has 2 aliphatic rings. The van der Waals surface area contributed by atoms with Crippen LogP contribution >= 0.6 is 0 Å². The van der Waals surface area contributed by atoms with E-state index in [2.05, 4.69) is 99.4 Å². The first-order valence-electron chi connectivity index (χ1n) is 22.5. The largest absolute Gasteiger partial charge is 0.473 e. The number of imidazole rings is 2. The summed E-state index contributed by atoms with van der Waals surface area (Å²) >= 11 is 0. The number of carboxylic acids is 2. The Morgan fingerprint density at radius 2 is 0.891 bits per heavy atom. The fourth-order valence-corrected chi connectivity index (χ4v) is 8.09. The van der Waals surface area contributed by atoms with Crippen molar-refractivity contribution in [3.05, 3.63) is 120 Å². The van der Waals surface area contributed by atoms with E-state index in [0.717, 1.165) is 139 Å². The lowest BCUT2D eigenvalue weighted by Gasteiger charge is -2.22. The highest BCUT2D eigenvalue weighted by molar-refractivity contribution is 6.27. The average molecular weight is 877 g/mol. The zero-order valence-electron chi connectivity index (χ0n) is 37.4. The normalized spacial score (nSPS) is 15.5. The Labute approximate surface area is 376 Å². The number of aliphatic carboxylic acids is 2. The summed E-state index contributed by atoms with van der Waals surface area (Å²) in [5.74, 6) is -1.46. The second kappa shape index (κ2) is 25.6. The third-order valence-corrected chi connectivity index (χ3v) is 11.3. The molecule has 64 heavy (non-hydrogen) atoms. The summed E-state index contributed by atoms with van der Waals surface area (Å²) in [5.41, 5.74) is 6.65. The molecule has 0 aliphatic carbocycles. The highest BCUT2D eigenvalue weighted by Gasteiger charge is 2.21. The minimum Gasteiger partial charge on any atom is -0.473 e. The van der Waals surface area contributed by atoms with Crippen LogP contribution in [0.4, 0.5) is 0 Å². The molecule has 0 spiro atoms. The van der Waals surface area contributed by atoms with Gasteiger partial charge in [-0.15, -0.1) is 0 Å². The van der Waals surface area contributed by atoms with Crippen LogP contribution in [0.1, 0.15) is 49.5 Å². The second-order valence-corrected chi connectivity index (χ2v) is 15.8. The van der Waals surface area contributed by atoms with Crippen molar-refractivity contribution in [3.8, 4) is 0 Å². The number of benzene rings is 2. The number of aromatic nitrogens is 6. The highest BCUT2D eigenvalue weighted by atomic mass is 16.5. The van der Waals surface area contributed by atoms with Gasteiger partial charge in [0, 0.05) is 78.0 Å². The SMILES string of the molecule is CCOCCn1c(CN2CCCN(Cc3ccccc3)CC2)nc2cccnc21.CCOCCn1c(CN2CCCN(Cc3ccccc3)CC2)nc2cccnc21.O=C(O)C(=O)O. The first-order valence-corrected chi connectivity index (χ1v) is 22.5. The van der Waals surface area contributed by atoms with Gasteiger partial charge in [0.2, 0.25) is 0 Å². The maximum absolute atomic E-state index is 9.10. The van der Waals surface area contributed by atoms with Gasteiger partial charge >= 0.3 is 11.9 Å². The molecule has 2 fully saturated rings. The second-order valence-electron chi connectivity index (χ2n) is 15.8. The van der Waals surface area contributed by atoms with E-state index in [1.54, 1.807) is 0 Å². The molecule has 0 saturated carbocycles. The summed E-state index contributed by atoms with van der Waals surface area (Å²) in [6.45, 7) is 21.1. The van der Waals surface area contributed by atoms with Crippen LogP contribution in [0.25, 0.3) is 22.3 Å². The maximum atomic E-state index is 9.10. The summed E-state index contributed by atoms with van der Waals surface area (Å²) in [6, 6.07) is 29.6. The predicted molar refractivity (Wildman–Crippen MR) is 247 cm³/mol. The molecule has 8 rings (SSSR count). The van der Waals surface area contributed by atoms with Crippen LogP contribution in [0.2, 0.25) is 0 Å². The van der Waals surface area contributed by atoms with Gasteiger partial charge in [-0.1, -0.05) is 60.7 Å². The van der Waals surface area contributed by atoms with E-state index >= 15 is 0 Å². The third-order valence-electron chi connectivity index (χ3n) is 11.3. The average Bonchev–Trinajstić information content (AvgIpc) is 3.62. The number of carboxylic acid groups (broad SMARTS) is 2. The standard InChI is InChI=1S/2C23H31N5O.C2H2O4/c2*1-2-29-17-16-28-22(25-21-10-6-11-24-23(21)28)19-27-13-7-12-26(14-15-27)18-20-8-4-3-5-9-20;3-1(4)2(5)6/h2*3-6,8-11H,2,7,12-19H2,1H3;(H,3,4)(H,5,6). The molecule has 6 aromatic rings. The van der Waals surface area contributed by atoms with Gasteiger partial charge in [-0.25, -0.2) is 29.5 Å². The molecule has 342 valence electrons. The van der Waals surface area contributed by atoms with Crippen LogP contribution in [-0.2, 0) is 58.3 Å². The molecule has 2 aliphatic heterocycles. The van der Waals surface area contributed by atoms with Crippen LogP contribution in [0.3, 0.4) is 0 Å². The Bertz CT molecular complexity index is 2140. The first kappa shape index (κ1) is 47.8. The predicted octanol–water partition coefficient (Wildman–Crippen LogP) is 5.51. The van der Waals surface area contributed by atoms with E-state index in [1.807, 2.05) is 50.5 Å². The van der Waals surface area contributed by atoms with Crippen molar-refractivity contribution in [2.24, 2.45) is 0 Å². The summed E-state index contributed by atoms with van der Waals surface area (Å²) in [6.07, 6.45) is 6.06. The minimum absolute atomic E-state index is 0.691. The molecule has 0 radical (unpaired) electrons. The number of fused-ring (bicyclic) bond motifs is 2. The van der Waals surface area contributed by atoms with Crippen molar-refractivity contribution < 1.29 is 29.3 Å². The summed E-state index contributed by atoms with van der Waals surface area (Å²) in [7, 11) is 0. The number of ether oxygens (including phenoxy) is 2. The van der Waals surface area contributed by atoms with Gasteiger partial charge in [-0.05, 0) is 88.3 Å². The zero-order chi connectivity index (χ0) is 44.9. The number of nitrogens with zero attached hydrogens (tertiary/aromatic N) is 10. The van der Waals surface area contributed by atoms with Gasteiger partial charge in [-0.3, -0.25) is 19.6 Å². The molecule has 0 unspecified atom stereocenters. The van der Waals surface area contributed by atoms with E-state index in [-0.39, 0.29) is 0 Å². The molecule has 6 heterocycles. The molecule has 0 bridgehead atoms. The lowest BCUT2D eigenvalue weighted by atomic mass is 10.2. The number of rotatable bonds is 16. The molecular weight excluding hydrogens is 813 g/mol. The minimum atomic E-state index is -1.82. The van der Waals surface area contributed by atoms with Crippen molar-refractivity contribution in [2.75, 3.05) is 78.8 Å². The molecule has 4 aromatic heterocycles. The van der Waals surface area contributed by atoms with E-state index in [9.17, 15) is 0 Å². The van der Waals surface area contributed by atoms with Gasteiger partial charge in [0.25, 0.3) is 0 Å². The molecule has 16 heteroatoms.